The Bertz CT molecular complexity index is 634. The monoisotopic (exact) mass is 301 g/mol. The highest BCUT2D eigenvalue weighted by Gasteiger charge is 2.58. The predicted octanol–water partition coefficient (Wildman–Crippen LogP) is 3.23. The van der Waals surface area contributed by atoms with Crippen molar-refractivity contribution in [3.05, 3.63) is 33.9 Å². The number of nitrogens with one attached hydrogen (secondary N) is 1. The molecule has 0 bridgehead atoms. The molecule has 116 valence electrons. The van der Waals surface area contributed by atoms with Crippen LogP contribution in [-0.2, 0) is 4.74 Å². The number of rotatable bonds is 5. The van der Waals surface area contributed by atoms with Crippen molar-refractivity contribution >= 4 is 11.4 Å². The Kier molecular flexibility index (Phi) is 3.75. The molecule has 1 spiro atoms. The molecule has 6 nitrogen and oxygen atoms in total. The molecular formula is C16H19N3O3. The second-order valence-electron chi connectivity index (χ2n) is 6.06. The average molecular weight is 301 g/mol. The van der Waals surface area contributed by atoms with Gasteiger partial charge in [-0.1, -0.05) is 6.42 Å². The van der Waals surface area contributed by atoms with Crippen molar-refractivity contribution in [1.29, 1.82) is 5.26 Å². The summed E-state index contributed by atoms with van der Waals surface area (Å²) in [6.07, 6.45) is 4.82. The fourth-order valence-electron chi connectivity index (χ4n) is 3.72. The quantitative estimate of drug-likeness (QED) is 0.666. The van der Waals surface area contributed by atoms with Gasteiger partial charge in [0, 0.05) is 29.8 Å². The number of hydrogen-bond acceptors (Lipinski definition) is 5. The van der Waals surface area contributed by atoms with E-state index in [1.54, 1.807) is 12.1 Å². The third-order valence-corrected chi connectivity index (χ3v) is 5.09. The smallest absolute Gasteiger partial charge is 0.287 e. The molecule has 2 saturated carbocycles. The van der Waals surface area contributed by atoms with Gasteiger partial charge in [0.1, 0.15) is 11.6 Å². The van der Waals surface area contributed by atoms with Gasteiger partial charge in [0.05, 0.1) is 11.0 Å². The van der Waals surface area contributed by atoms with Gasteiger partial charge in [-0.25, -0.2) is 0 Å². The number of nitrogens with zero attached hydrogens (tertiary/aromatic N) is 2. The summed E-state index contributed by atoms with van der Waals surface area (Å²) in [6.45, 7) is 2.75. The molecule has 2 aliphatic rings. The molecule has 2 fully saturated rings. The molecule has 0 radical (unpaired) electrons. The Labute approximate surface area is 129 Å². The second kappa shape index (κ2) is 5.58. The highest BCUT2D eigenvalue weighted by Crippen LogP contribution is 2.58. The van der Waals surface area contributed by atoms with Crippen LogP contribution in [0, 0.1) is 26.9 Å². The maximum Gasteiger partial charge on any atom is 0.287 e. The van der Waals surface area contributed by atoms with E-state index in [9.17, 15) is 10.1 Å². The summed E-state index contributed by atoms with van der Waals surface area (Å²) in [7, 11) is 0. The lowest BCUT2D eigenvalue weighted by Gasteiger charge is -2.61. The number of benzene rings is 1. The Morgan fingerprint density at radius 1 is 1.55 bits per heavy atom. The summed E-state index contributed by atoms with van der Waals surface area (Å²) in [6, 6.07) is 6.87. The lowest BCUT2D eigenvalue weighted by Crippen LogP contribution is -2.64. The van der Waals surface area contributed by atoms with Gasteiger partial charge < -0.3 is 10.1 Å². The minimum Gasteiger partial charge on any atom is -0.382 e. The van der Waals surface area contributed by atoms with Gasteiger partial charge >= 0.3 is 0 Å². The Hall–Kier alpha value is -2.13. The van der Waals surface area contributed by atoms with Crippen molar-refractivity contribution < 1.29 is 9.66 Å². The first-order chi connectivity index (χ1) is 10.6. The summed E-state index contributed by atoms with van der Waals surface area (Å²) in [4.78, 5) is 10.3. The van der Waals surface area contributed by atoms with Gasteiger partial charge in [-0.05, 0) is 38.3 Å². The van der Waals surface area contributed by atoms with E-state index < -0.39 is 4.92 Å². The Morgan fingerprint density at radius 2 is 2.32 bits per heavy atom. The van der Waals surface area contributed by atoms with Crippen molar-refractivity contribution in [2.45, 2.75) is 44.8 Å². The zero-order valence-electron chi connectivity index (χ0n) is 12.5. The molecule has 0 aromatic heterocycles. The summed E-state index contributed by atoms with van der Waals surface area (Å²) >= 11 is 0. The van der Waals surface area contributed by atoms with E-state index in [4.69, 9.17) is 10.00 Å². The topological polar surface area (TPSA) is 88.2 Å². The third kappa shape index (κ3) is 2.22. The molecule has 1 N–H and O–H groups in total. The van der Waals surface area contributed by atoms with Crippen molar-refractivity contribution in [3.8, 4) is 6.07 Å². The van der Waals surface area contributed by atoms with Crippen LogP contribution in [0.4, 0.5) is 11.4 Å². The van der Waals surface area contributed by atoms with E-state index >= 15 is 0 Å². The maximum atomic E-state index is 10.9. The molecule has 2 atom stereocenters. The lowest BCUT2D eigenvalue weighted by atomic mass is 9.51. The lowest BCUT2D eigenvalue weighted by molar-refractivity contribution is -0.385. The van der Waals surface area contributed by atoms with Gasteiger partial charge in [-0.15, -0.1) is 0 Å². The standard InChI is InChI=1S/C16H19N3O3/c1-2-22-15-9-14(16(15)6-3-7-16)18-12-4-5-13(19(20)21)11(8-12)10-17/h4-5,8,14-15,18H,2-3,6-7,9H2,1H3/t14-,15-/m1/s1. The summed E-state index contributed by atoms with van der Waals surface area (Å²) < 4.78 is 5.82. The fourth-order valence-corrected chi connectivity index (χ4v) is 3.72. The summed E-state index contributed by atoms with van der Waals surface area (Å²) in [5.74, 6) is 0. The van der Waals surface area contributed by atoms with Crippen LogP contribution in [0.15, 0.2) is 18.2 Å². The summed E-state index contributed by atoms with van der Waals surface area (Å²) in [5, 5.41) is 23.4. The Morgan fingerprint density at radius 3 is 2.86 bits per heavy atom. The normalized spacial score (nSPS) is 24.9. The van der Waals surface area contributed by atoms with Gasteiger partial charge in [-0.3, -0.25) is 10.1 Å². The minimum absolute atomic E-state index is 0.0957. The molecule has 0 unspecified atom stereocenters. The number of nitro benzene ring substituents is 1. The summed E-state index contributed by atoms with van der Waals surface area (Å²) in [5.41, 5.74) is 0.934. The SMILES string of the molecule is CCO[C@@H]1C[C@@H](Nc2ccc([N+](=O)[O-])c(C#N)c2)C12CCC2. The van der Waals surface area contributed by atoms with E-state index in [0.29, 0.717) is 12.1 Å². The van der Waals surface area contributed by atoms with Gasteiger partial charge in [-0.2, -0.15) is 5.26 Å². The first-order valence-corrected chi connectivity index (χ1v) is 7.67. The number of ether oxygens (including phenoxy) is 1. The Balaban J connectivity index is 1.75. The van der Waals surface area contributed by atoms with Crippen molar-refractivity contribution in [3.63, 3.8) is 0 Å². The van der Waals surface area contributed by atoms with Gasteiger partial charge in [0.2, 0.25) is 0 Å². The van der Waals surface area contributed by atoms with Crippen LogP contribution in [0.25, 0.3) is 0 Å². The maximum absolute atomic E-state index is 10.9. The number of hydrogen-bond donors (Lipinski definition) is 1. The van der Waals surface area contributed by atoms with E-state index in [1.807, 2.05) is 13.0 Å². The first-order valence-electron chi connectivity index (χ1n) is 7.67. The average Bonchev–Trinajstić information content (AvgIpc) is 2.43. The number of anilines is 1. The van der Waals surface area contributed by atoms with Crippen LogP contribution in [0.2, 0.25) is 0 Å². The number of nitriles is 1. The molecule has 2 aliphatic carbocycles. The van der Waals surface area contributed by atoms with Crippen LogP contribution in [0.3, 0.4) is 0 Å². The zero-order chi connectivity index (χ0) is 15.7. The second-order valence-corrected chi connectivity index (χ2v) is 6.06. The van der Waals surface area contributed by atoms with Gasteiger partial charge in [0.15, 0.2) is 0 Å². The number of nitro groups is 1. The van der Waals surface area contributed by atoms with Crippen LogP contribution in [0.1, 0.15) is 38.2 Å². The van der Waals surface area contributed by atoms with E-state index in [2.05, 4.69) is 5.32 Å². The molecule has 1 aromatic carbocycles. The molecule has 1 aromatic rings. The van der Waals surface area contributed by atoms with E-state index in [-0.39, 0.29) is 16.7 Å². The van der Waals surface area contributed by atoms with Gasteiger partial charge in [0.25, 0.3) is 5.69 Å². The van der Waals surface area contributed by atoms with Crippen LogP contribution in [-0.4, -0.2) is 23.7 Å². The molecule has 3 rings (SSSR count). The zero-order valence-corrected chi connectivity index (χ0v) is 12.5. The third-order valence-electron chi connectivity index (χ3n) is 5.09. The van der Waals surface area contributed by atoms with Crippen molar-refractivity contribution in [1.82, 2.24) is 0 Å². The molecule has 22 heavy (non-hydrogen) atoms. The fraction of sp³-hybridized carbons (Fsp3) is 0.562. The molecule has 0 aliphatic heterocycles. The largest absolute Gasteiger partial charge is 0.382 e. The highest BCUT2D eigenvalue weighted by atomic mass is 16.6. The molecular weight excluding hydrogens is 282 g/mol. The predicted molar refractivity (Wildman–Crippen MR) is 81.5 cm³/mol. The van der Waals surface area contributed by atoms with Crippen LogP contribution in [0.5, 0.6) is 0 Å². The highest BCUT2D eigenvalue weighted by molar-refractivity contribution is 5.59. The van der Waals surface area contributed by atoms with E-state index in [0.717, 1.165) is 31.6 Å². The minimum atomic E-state index is -0.524. The molecule has 6 heteroatoms. The first kappa shape index (κ1) is 14.8. The van der Waals surface area contributed by atoms with Crippen LogP contribution >= 0.6 is 0 Å². The van der Waals surface area contributed by atoms with Crippen molar-refractivity contribution in [2.24, 2.45) is 5.41 Å². The van der Waals surface area contributed by atoms with Crippen LogP contribution < -0.4 is 5.32 Å². The van der Waals surface area contributed by atoms with Crippen molar-refractivity contribution in [2.75, 3.05) is 11.9 Å². The van der Waals surface area contributed by atoms with E-state index in [1.165, 1.54) is 12.5 Å². The molecule has 0 heterocycles. The molecule has 0 saturated heterocycles. The molecule has 0 amide bonds.